The molecule has 0 saturated carbocycles. The molecule has 1 unspecified atom stereocenters. The molecule has 31 heavy (non-hydrogen) atoms. The number of halogens is 2. The van der Waals surface area contributed by atoms with Crippen molar-refractivity contribution in [1.29, 1.82) is 0 Å². The Hall–Kier alpha value is -2.95. The minimum Gasteiger partial charge on any atom is -0.389 e. The Morgan fingerprint density at radius 3 is 2.81 bits per heavy atom. The van der Waals surface area contributed by atoms with Crippen LogP contribution in [-0.4, -0.2) is 54.9 Å². The van der Waals surface area contributed by atoms with Gasteiger partial charge in [0.2, 0.25) is 5.95 Å². The number of hydrogen-bond donors (Lipinski definition) is 3. The third-order valence-electron chi connectivity index (χ3n) is 5.16. The summed E-state index contributed by atoms with van der Waals surface area (Å²) in [4.78, 5) is 12.3. The van der Waals surface area contributed by atoms with E-state index in [0.29, 0.717) is 24.3 Å². The van der Waals surface area contributed by atoms with Crippen molar-refractivity contribution in [1.82, 2.24) is 19.4 Å². The molecule has 0 aliphatic carbocycles. The largest absolute Gasteiger partial charge is 0.389 e. The number of anilines is 1. The maximum Gasteiger partial charge on any atom is 0.223 e. The summed E-state index contributed by atoms with van der Waals surface area (Å²) in [6.45, 7) is 7.79. The molecule has 1 saturated heterocycles. The fraction of sp³-hybridized carbons (Fsp3) is 0.381. The smallest absolute Gasteiger partial charge is 0.223 e. The Kier molecular flexibility index (Phi) is 5.69. The number of ether oxygens (including phenoxy) is 1. The van der Waals surface area contributed by atoms with Crippen molar-refractivity contribution in [2.75, 3.05) is 18.5 Å². The zero-order chi connectivity index (χ0) is 22.3. The summed E-state index contributed by atoms with van der Waals surface area (Å²) in [6.07, 6.45) is 1.35. The number of nitrogens with one attached hydrogen (secondary N) is 1. The second-order valence-electron chi connectivity index (χ2n) is 7.64. The van der Waals surface area contributed by atoms with Crippen molar-refractivity contribution >= 4 is 17.2 Å². The van der Waals surface area contributed by atoms with Crippen LogP contribution in [-0.2, 0) is 4.74 Å². The molecule has 4 rings (SSSR count). The van der Waals surface area contributed by atoms with Crippen LogP contribution >= 0.6 is 0 Å². The topological polar surface area (TPSA) is 105 Å². The van der Waals surface area contributed by atoms with E-state index in [1.165, 1.54) is 17.5 Å². The molecular formula is C21H23F2N5O3. The molecule has 0 amide bonds. The molecule has 10 heteroatoms. The van der Waals surface area contributed by atoms with Gasteiger partial charge in [0, 0.05) is 18.4 Å². The maximum atomic E-state index is 14.9. The van der Waals surface area contributed by atoms with Gasteiger partial charge >= 0.3 is 0 Å². The van der Waals surface area contributed by atoms with E-state index < -0.39 is 23.8 Å². The normalized spacial score (nSPS) is 20.1. The molecule has 164 valence electrons. The number of rotatable bonds is 5. The van der Waals surface area contributed by atoms with Crippen molar-refractivity contribution < 1.29 is 23.7 Å². The number of fused-ring (bicyclic) bond motifs is 1. The number of aliphatic hydroxyl groups excluding tert-OH is 2. The first-order valence-electron chi connectivity index (χ1n) is 9.87. The van der Waals surface area contributed by atoms with Gasteiger partial charge in [-0.15, -0.1) is 0 Å². The lowest BCUT2D eigenvalue weighted by molar-refractivity contribution is -0.0136. The number of hydrogen-bond acceptors (Lipinski definition) is 7. The maximum absolute atomic E-state index is 14.9. The van der Waals surface area contributed by atoms with Crippen molar-refractivity contribution in [3.63, 3.8) is 0 Å². The van der Waals surface area contributed by atoms with Gasteiger partial charge in [-0.1, -0.05) is 6.58 Å². The van der Waals surface area contributed by atoms with Crippen molar-refractivity contribution in [2.45, 2.75) is 38.5 Å². The van der Waals surface area contributed by atoms with Gasteiger partial charge in [-0.2, -0.15) is 0 Å². The average molecular weight is 431 g/mol. The number of imidazole rings is 1. The summed E-state index contributed by atoms with van der Waals surface area (Å²) in [7, 11) is 0. The number of aliphatic hydroxyl groups is 2. The fourth-order valence-corrected chi connectivity index (χ4v) is 3.66. The molecule has 1 aliphatic rings. The van der Waals surface area contributed by atoms with Gasteiger partial charge in [0.25, 0.3) is 0 Å². The van der Waals surface area contributed by atoms with E-state index in [-0.39, 0.29) is 41.2 Å². The summed E-state index contributed by atoms with van der Waals surface area (Å²) in [5, 5.41) is 23.1. The first-order valence-corrected chi connectivity index (χ1v) is 9.87. The van der Waals surface area contributed by atoms with Gasteiger partial charge in [-0.25, -0.2) is 23.7 Å². The monoisotopic (exact) mass is 431 g/mol. The zero-order valence-corrected chi connectivity index (χ0v) is 17.1. The Morgan fingerprint density at radius 1 is 1.35 bits per heavy atom. The van der Waals surface area contributed by atoms with Gasteiger partial charge in [-0.3, -0.25) is 4.40 Å². The summed E-state index contributed by atoms with van der Waals surface area (Å²) in [5.41, 5.74) is 1.35. The van der Waals surface area contributed by atoms with Crippen LogP contribution in [0.25, 0.3) is 22.5 Å². The van der Waals surface area contributed by atoms with E-state index in [9.17, 15) is 19.0 Å². The van der Waals surface area contributed by atoms with E-state index in [0.717, 1.165) is 12.3 Å². The number of nitrogens with zero attached hydrogens (tertiary/aromatic N) is 4. The van der Waals surface area contributed by atoms with Gasteiger partial charge < -0.3 is 20.3 Å². The van der Waals surface area contributed by atoms with E-state index in [4.69, 9.17) is 4.74 Å². The first kappa shape index (κ1) is 21.3. The second kappa shape index (κ2) is 8.29. The van der Waals surface area contributed by atoms with E-state index in [2.05, 4.69) is 26.8 Å². The van der Waals surface area contributed by atoms with Crippen LogP contribution in [0.5, 0.6) is 0 Å². The Labute approximate surface area is 177 Å². The molecule has 0 radical (unpaired) electrons. The van der Waals surface area contributed by atoms with E-state index in [1.54, 1.807) is 6.92 Å². The number of pyridine rings is 1. The summed E-state index contributed by atoms with van der Waals surface area (Å²) in [5.74, 6) is -1.32. The third kappa shape index (κ3) is 4.01. The van der Waals surface area contributed by atoms with Crippen molar-refractivity contribution in [3.05, 3.63) is 48.1 Å². The quantitative estimate of drug-likeness (QED) is 0.571. The van der Waals surface area contributed by atoms with Crippen molar-refractivity contribution in [2.24, 2.45) is 0 Å². The molecule has 0 bridgehead atoms. The Morgan fingerprint density at radius 2 is 2.13 bits per heavy atom. The van der Waals surface area contributed by atoms with Gasteiger partial charge in [0.05, 0.1) is 42.4 Å². The van der Waals surface area contributed by atoms with Gasteiger partial charge in [-0.05, 0) is 31.9 Å². The van der Waals surface area contributed by atoms with Gasteiger partial charge in [0.1, 0.15) is 5.69 Å². The predicted molar refractivity (Wildman–Crippen MR) is 110 cm³/mol. The number of allylic oxidation sites excluding steroid dienone is 1. The van der Waals surface area contributed by atoms with Crippen molar-refractivity contribution in [3.8, 4) is 11.3 Å². The summed E-state index contributed by atoms with van der Waals surface area (Å²) in [6, 6.07) is 0.790. The second-order valence-corrected chi connectivity index (χ2v) is 7.64. The van der Waals surface area contributed by atoms with E-state index >= 15 is 0 Å². The van der Waals surface area contributed by atoms with Crippen LogP contribution in [0.4, 0.5) is 14.7 Å². The predicted octanol–water partition coefficient (Wildman–Crippen LogP) is 2.72. The highest BCUT2D eigenvalue weighted by Gasteiger charge is 2.25. The zero-order valence-electron chi connectivity index (χ0n) is 17.1. The minimum absolute atomic E-state index is 0.00390. The fourth-order valence-electron chi connectivity index (χ4n) is 3.66. The molecule has 3 aromatic rings. The Bertz CT molecular complexity index is 1150. The SMILES string of the molecule is C=C(C)c1c(C(C)O)nc2c(F)cc(-c3nc(N[C@@H]4CCOC[C@H]4O)ncc3F)cn12. The highest BCUT2D eigenvalue weighted by atomic mass is 19.1. The average Bonchev–Trinajstić information content (AvgIpc) is 3.12. The van der Waals surface area contributed by atoms with Crippen LogP contribution in [0, 0.1) is 11.6 Å². The van der Waals surface area contributed by atoms with Crippen LogP contribution < -0.4 is 5.32 Å². The molecule has 1 aliphatic heterocycles. The van der Waals surface area contributed by atoms with Gasteiger partial charge in [0.15, 0.2) is 17.3 Å². The lowest BCUT2D eigenvalue weighted by Gasteiger charge is -2.28. The molecule has 4 heterocycles. The third-order valence-corrected chi connectivity index (χ3v) is 5.16. The molecule has 1 fully saturated rings. The summed E-state index contributed by atoms with van der Waals surface area (Å²) >= 11 is 0. The van der Waals surface area contributed by atoms with Crippen LogP contribution in [0.3, 0.4) is 0 Å². The lowest BCUT2D eigenvalue weighted by Crippen LogP contribution is -2.42. The molecule has 0 aromatic carbocycles. The van der Waals surface area contributed by atoms with E-state index in [1.807, 2.05) is 0 Å². The van der Waals surface area contributed by atoms with Crippen LogP contribution in [0.2, 0.25) is 0 Å². The van der Waals surface area contributed by atoms with Crippen LogP contribution in [0.15, 0.2) is 25.0 Å². The summed E-state index contributed by atoms with van der Waals surface area (Å²) < 4.78 is 36.1. The molecular weight excluding hydrogens is 408 g/mol. The number of aromatic nitrogens is 4. The molecule has 3 aromatic heterocycles. The molecule has 0 spiro atoms. The molecule has 8 nitrogen and oxygen atoms in total. The highest BCUT2D eigenvalue weighted by molar-refractivity contribution is 5.69. The lowest BCUT2D eigenvalue weighted by atomic mass is 10.1. The highest BCUT2D eigenvalue weighted by Crippen LogP contribution is 2.30. The minimum atomic E-state index is -0.938. The molecule has 3 atom stereocenters. The standard InChI is InChI=1S/C21H23F2N5O3/c1-10(2)19-17(11(3)29)26-20-13(22)6-12(8-28(19)20)18-14(23)7-24-21(27-18)25-15-4-5-31-9-16(15)30/h6-8,11,15-16,29-30H,1,4-5,9H2,2-3H3,(H,24,25,27)/t11?,15-,16-/m1/s1. The Balaban J connectivity index is 1.79. The van der Waals surface area contributed by atoms with Crippen LogP contribution in [0.1, 0.15) is 37.8 Å². The molecule has 3 N–H and O–H groups in total. The first-order chi connectivity index (χ1) is 14.8.